The number of para-hydroxylation sites is 2. The number of carbonyl (C=O) groups is 4. The minimum Gasteiger partial charge on any atom is -0.464 e. The maximum Gasteiger partial charge on any atom is 0.419 e. The molecule has 6 rings (SSSR count). The van der Waals surface area contributed by atoms with Crippen molar-refractivity contribution in [2.75, 3.05) is 13.2 Å². The molecule has 0 spiro atoms. The van der Waals surface area contributed by atoms with Crippen molar-refractivity contribution in [1.29, 1.82) is 0 Å². The summed E-state index contributed by atoms with van der Waals surface area (Å²) in [5.74, 6) is -1.28. The van der Waals surface area contributed by atoms with Gasteiger partial charge in [0.05, 0.1) is 24.2 Å². The first-order valence-electron chi connectivity index (χ1n) is 16.3. The highest BCUT2D eigenvalue weighted by Gasteiger charge is 2.51. The third kappa shape index (κ3) is 6.94. The topological polar surface area (TPSA) is 145 Å². The van der Waals surface area contributed by atoms with Crippen LogP contribution in [0.4, 0.5) is 9.59 Å². The minimum atomic E-state index is -1.11. The van der Waals surface area contributed by atoms with Gasteiger partial charge >= 0.3 is 24.1 Å². The van der Waals surface area contributed by atoms with E-state index in [2.05, 4.69) is 0 Å². The molecule has 12 nitrogen and oxygen atoms in total. The van der Waals surface area contributed by atoms with Crippen LogP contribution >= 0.6 is 0 Å². The Balaban J connectivity index is 1.10. The fourth-order valence-electron chi connectivity index (χ4n) is 6.49. The zero-order valence-corrected chi connectivity index (χ0v) is 28.7. The van der Waals surface area contributed by atoms with Gasteiger partial charge in [0.15, 0.2) is 12.2 Å². The zero-order valence-electron chi connectivity index (χ0n) is 28.7. The number of rotatable bonds is 6. The summed E-state index contributed by atoms with van der Waals surface area (Å²) in [4.78, 5) is 51.0. The fourth-order valence-corrected chi connectivity index (χ4v) is 6.49. The van der Waals surface area contributed by atoms with Crippen LogP contribution in [0.15, 0.2) is 66.9 Å². The molecule has 0 unspecified atom stereocenters. The molecule has 4 atom stereocenters. The van der Waals surface area contributed by atoms with Crippen LogP contribution in [0, 0.1) is 0 Å². The molecular formula is C38H40N2O10. The van der Waals surface area contributed by atoms with Crippen molar-refractivity contribution in [2.24, 2.45) is 0 Å². The Morgan fingerprint density at radius 2 is 1.32 bits per heavy atom. The van der Waals surface area contributed by atoms with Gasteiger partial charge in [-0.15, -0.1) is 0 Å². The molecule has 2 aliphatic heterocycles. The summed E-state index contributed by atoms with van der Waals surface area (Å²) in [6.45, 7) is 11.2. The Morgan fingerprint density at radius 3 is 1.88 bits per heavy atom. The molecule has 0 aliphatic carbocycles. The van der Waals surface area contributed by atoms with E-state index in [9.17, 15) is 24.3 Å². The van der Waals surface area contributed by atoms with E-state index in [0.29, 0.717) is 33.2 Å². The fraction of sp³-hybridized carbons (Fsp3) is 0.368. The first kappa shape index (κ1) is 34.7. The van der Waals surface area contributed by atoms with Crippen LogP contribution in [0.2, 0.25) is 0 Å². The first-order chi connectivity index (χ1) is 23.6. The number of aromatic nitrogens is 2. The van der Waals surface area contributed by atoms with Crippen LogP contribution in [0.25, 0.3) is 34.0 Å². The number of carboxylic acid groups (broad SMARTS) is 1. The van der Waals surface area contributed by atoms with Gasteiger partial charge in [0, 0.05) is 51.4 Å². The van der Waals surface area contributed by atoms with E-state index in [4.69, 9.17) is 23.7 Å². The summed E-state index contributed by atoms with van der Waals surface area (Å²) in [6.07, 6.45) is 2.93. The van der Waals surface area contributed by atoms with E-state index in [0.717, 1.165) is 5.39 Å². The first-order valence-corrected chi connectivity index (χ1v) is 16.3. The van der Waals surface area contributed by atoms with E-state index in [1.807, 2.05) is 51.1 Å². The molecular weight excluding hydrogens is 644 g/mol. The molecule has 2 saturated heterocycles. The molecule has 0 saturated carbocycles. The Labute approximate surface area is 288 Å². The second-order valence-electron chi connectivity index (χ2n) is 14.3. The van der Waals surface area contributed by atoms with Crippen LogP contribution in [-0.2, 0) is 38.7 Å². The van der Waals surface area contributed by atoms with E-state index < -0.39 is 59.6 Å². The highest BCUT2D eigenvalue weighted by atomic mass is 16.7. The molecule has 0 radical (unpaired) electrons. The number of fused-ring (bicyclic) bond motifs is 3. The maximum atomic E-state index is 13.0. The van der Waals surface area contributed by atoms with Crippen molar-refractivity contribution in [3.63, 3.8) is 0 Å². The molecule has 4 aromatic rings. The van der Waals surface area contributed by atoms with E-state index in [-0.39, 0.29) is 13.2 Å². The number of hydrogen-bond acceptors (Lipinski definition) is 9. The predicted octanol–water partition coefficient (Wildman–Crippen LogP) is 6.55. The Kier molecular flexibility index (Phi) is 9.19. The number of nitrogens with zero attached hydrogens (tertiary/aromatic N) is 2. The lowest BCUT2D eigenvalue weighted by Crippen LogP contribution is -2.35. The SMILES string of the molecule is CC(C)(C)OC(=O)n1cc(/C=C/C(=O)O[C@H]2CO[C@H]3[C@@H]2OC[C@H]3OC(=O)/C=C/c2c(C(C)(C)C)n(C(=O)O)c3ccccc23)c2ccccc21. The van der Waals surface area contributed by atoms with Gasteiger partial charge < -0.3 is 28.8 Å². The summed E-state index contributed by atoms with van der Waals surface area (Å²) in [6, 6.07) is 14.4. The Bertz CT molecular complexity index is 2040. The smallest absolute Gasteiger partial charge is 0.419 e. The van der Waals surface area contributed by atoms with Crippen molar-refractivity contribution >= 4 is 58.1 Å². The molecule has 0 amide bonds. The maximum absolute atomic E-state index is 13.0. The van der Waals surface area contributed by atoms with E-state index in [1.54, 1.807) is 57.3 Å². The third-order valence-corrected chi connectivity index (χ3v) is 8.43. The Hall–Kier alpha value is -5.20. The second-order valence-corrected chi connectivity index (χ2v) is 14.3. The van der Waals surface area contributed by atoms with Gasteiger partial charge in [-0.1, -0.05) is 57.2 Å². The van der Waals surface area contributed by atoms with Crippen molar-refractivity contribution in [2.45, 2.75) is 77.0 Å². The second kappa shape index (κ2) is 13.3. The quantitative estimate of drug-likeness (QED) is 0.135. The van der Waals surface area contributed by atoms with Crippen molar-refractivity contribution < 1.29 is 48.0 Å². The molecule has 2 aromatic carbocycles. The molecule has 0 bridgehead atoms. The van der Waals surface area contributed by atoms with Crippen LogP contribution in [0.1, 0.15) is 58.4 Å². The van der Waals surface area contributed by atoms with Crippen molar-refractivity contribution in [1.82, 2.24) is 9.13 Å². The summed E-state index contributed by atoms with van der Waals surface area (Å²) in [5.41, 5.74) is 1.72. The summed E-state index contributed by atoms with van der Waals surface area (Å²) in [7, 11) is 0. The monoisotopic (exact) mass is 684 g/mol. The van der Waals surface area contributed by atoms with Crippen molar-refractivity contribution in [3.05, 3.63) is 83.7 Å². The molecule has 262 valence electrons. The number of benzene rings is 2. The van der Waals surface area contributed by atoms with Crippen LogP contribution in [0.5, 0.6) is 0 Å². The Morgan fingerprint density at radius 1 is 0.780 bits per heavy atom. The van der Waals surface area contributed by atoms with Gasteiger partial charge in [-0.2, -0.15) is 0 Å². The molecule has 2 aromatic heterocycles. The lowest BCUT2D eigenvalue weighted by molar-refractivity contribution is -0.149. The number of esters is 2. The minimum absolute atomic E-state index is 0.0501. The van der Waals surface area contributed by atoms with Gasteiger partial charge in [0.2, 0.25) is 0 Å². The zero-order chi connectivity index (χ0) is 36.0. The normalized spacial score (nSPS) is 20.9. The average Bonchev–Trinajstić information content (AvgIpc) is 3.80. The van der Waals surface area contributed by atoms with Crippen molar-refractivity contribution in [3.8, 4) is 0 Å². The molecule has 2 fully saturated rings. The van der Waals surface area contributed by atoms with Crippen LogP contribution in [0.3, 0.4) is 0 Å². The van der Waals surface area contributed by atoms with Crippen LogP contribution in [-0.4, -0.2) is 81.6 Å². The number of hydrogen-bond donors (Lipinski definition) is 1. The van der Waals surface area contributed by atoms with E-state index >= 15 is 0 Å². The van der Waals surface area contributed by atoms with Gasteiger partial charge in [0.25, 0.3) is 0 Å². The summed E-state index contributed by atoms with van der Waals surface area (Å²) in [5, 5.41) is 11.5. The van der Waals surface area contributed by atoms with Gasteiger partial charge in [-0.25, -0.2) is 23.7 Å². The van der Waals surface area contributed by atoms with E-state index in [1.165, 1.54) is 21.3 Å². The number of ether oxygens (including phenoxy) is 5. The molecule has 4 heterocycles. The largest absolute Gasteiger partial charge is 0.464 e. The molecule has 12 heteroatoms. The predicted molar refractivity (Wildman–Crippen MR) is 185 cm³/mol. The number of carbonyl (C=O) groups excluding carboxylic acids is 3. The summed E-state index contributed by atoms with van der Waals surface area (Å²) < 4.78 is 31.3. The highest BCUT2D eigenvalue weighted by molar-refractivity contribution is 6.00. The standard InChI is InChI=1S/C38H40N2O10/c1-37(2,3)34-25(24-12-8-10-14-27(24)40(34)35(43)44)16-18-31(42)49-29-21-47-32-28(20-46-33(29)32)48-30(41)17-15-22-19-39(36(45)50-38(4,5)6)26-13-9-7-11-23(22)26/h7-19,28-29,32-33H,20-21H2,1-6H3,(H,43,44)/b17-15+,18-16+/t28-,29+,32+,33+/m0/s1. The highest BCUT2D eigenvalue weighted by Crippen LogP contribution is 2.36. The molecule has 50 heavy (non-hydrogen) atoms. The van der Waals surface area contributed by atoms with Crippen LogP contribution < -0.4 is 0 Å². The third-order valence-electron chi connectivity index (χ3n) is 8.43. The van der Waals surface area contributed by atoms with Gasteiger partial charge in [-0.05, 0) is 45.1 Å². The van der Waals surface area contributed by atoms with Gasteiger partial charge in [0.1, 0.15) is 17.8 Å². The lowest BCUT2D eigenvalue weighted by Gasteiger charge is -2.21. The van der Waals surface area contributed by atoms with Gasteiger partial charge in [-0.3, -0.25) is 4.57 Å². The molecule has 1 N–H and O–H groups in total. The lowest BCUT2D eigenvalue weighted by atomic mass is 9.88. The average molecular weight is 685 g/mol. The summed E-state index contributed by atoms with van der Waals surface area (Å²) >= 11 is 0. The molecule has 2 aliphatic rings.